The number of aryl methyl sites for hydroxylation is 3. The predicted molar refractivity (Wildman–Crippen MR) is 85.5 cm³/mol. The van der Waals surface area contributed by atoms with Crippen LogP contribution in [0.25, 0.3) is 0 Å². The van der Waals surface area contributed by atoms with Crippen LogP contribution in [0.3, 0.4) is 0 Å². The number of furan rings is 1. The van der Waals surface area contributed by atoms with Crippen molar-refractivity contribution in [2.24, 2.45) is 7.05 Å². The molecule has 0 atom stereocenters. The molecule has 1 N–H and O–H groups in total. The average molecular weight is 328 g/mol. The molecule has 0 aromatic carbocycles. The van der Waals surface area contributed by atoms with Gasteiger partial charge in [-0.1, -0.05) is 0 Å². The fourth-order valence-electron chi connectivity index (χ4n) is 3.22. The molecule has 0 bridgehead atoms. The Labute approximate surface area is 139 Å². The molecule has 2 aliphatic rings. The van der Waals surface area contributed by atoms with Crippen molar-refractivity contribution < 1.29 is 14.0 Å². The number of nitrogens with zero attached hydrogens (tertiary/aromatic N) is 3. The standard InChI is InChI=1S/C17H20N4O3/c1-9-6-12(10(2)24-9)17(23)21-7-13-14(8-21)20(3)19-15(13)16(22)18-11-4-5-11/h6,11H,4-5,7-8H2,1-3H3,(H,18,22). The molecule has 1 aliphatic carbocycles. The van der Waals surface area contributed by atoms with Crippen molar-refractivity contribution in [2.45, 2.75) is 45.8 Å². The number of carbonyl (C=O) groups excluding carboxylic acids is 2. The van der Waals surface area contributed by atoms with Crippen molar-refractivity contribution in [1.29, 1.82) is 0 Å². The van der Waals surface area contributed by atoms with Crippen LogP contribution in [0.1, 0.15) is 56.5 Å². The minimum atomic E-state index is -0.140. The normalized spacial score (nSPS) is 16.4. The highest BCUT2D eigenvalue weighted by Gasteiger charge is 2.34. The molecular formula is C17H20N4O3. The van der Waals surface area contributed by atoms with E-state index in [0.29, 0.717) is 30.1 Å². The van der Waals surface area contributed by atoms with E-state index in [2.05, 4.69) is 10.4 Å². The van der Waals surface area contributed by atoms with Gasteiger partial charge in [-0.15, -0.1) is 0 Å². The van der Waals surface area contributed by atoms with Crippen LogP contribution in [0.5, 0.6) is 0 Å². The number of carbonyl (C=O) groups is 2. The van der Waals surface area contributed by atoms with Gasteiger partial charge in [0.05, 0.1) is 24.3 Å². The molecule has 0 saturated heterocycles. The van der Waals surface area contributed by atoms with Crippen LogP contribution < -0.4 is 5.32 Å². The van der Waals surface area contributed by atoms with Gasteiger partial charge in [0.2, 0.25) is 0 Å². The summed E-state index contributed by atoms with van der Waals surface area (Å²) in [5, 5.41) is 7.32. The smallest absolute Gasteiger partial charge is 0.272 e. The first-order chi connectivity index (χ1) is 11.4. The Kier molecular flexibility index (Phi) is 3.26. The van der Waals surface area contributed by atoms with Gasteiger partial charge in [0.15, 0.2) is 5.69 Å². The van der Waals surface area contributed by atoms with Crippen LogP contribution >= 0.6 is 0 Å². The van der Waals surface area contributed by atoms with Gasteiger partial charge in [0, 0.05) is 18.7 Å². The minimum absolute atomic E-state index is 0.0749. The fourth-order valence-corrected chi connectivity index (χ4v) is 3.22. The Morgan fingerprint density at radius 3 is 2.67 bits per heavy atom. The van der Waals surface area contributed by atoms with Gasteiger partial charge in [-0.25, -0.2) is 0 Å². The van der Waals surface area contributed by atoms with Crippen molar-refractivity contribution in [3.05, 3.63) is 40.1 Å². The van der Waals surface area contributed by atoms with Crippen LogP contribution in [0, 0.1) is 13.8 Å². The lowest BCUT2D eigenvalue weighted by molar-refractivity contribution is 0.0744. The second-order valence-electron chi connectivity index (χ2n) is 6.63. The number of fused-ring (bicyclic) bond motifs is 1. The Morgan fingerprint density at radius 1 is 1.29 bits per heavy atom. The lowest BCUT2D eigenvalue weighted by atomic mass is 10.2. The van der Waals surface area contributed by atoms with Crippen molar-refractivity contribution in [3.8, 4) is 0 Å². The van der Waals surface area contributed by atoms with E-state index < -0.39 is 0 Å². The fraction of sp³-hybridized carbons (Fsp3) is 0.471. The van der Waals surface area contributed by atoms with Gasteiger partial charge < -0.3 is 14.6 Å². The average Bonchev–Trinajstić information content (AvgIpc) is 3.00. The van der Waals surface area contributed by atoms with Crippen LogP contribution in [-0.2, 0) is 20.1 Å². The SMILES string of the molecule is Cc1cc(C(=O)N2Cc3c(C(=O)NC4CC4)nn(C)c3C2)c(C)o1. The van der Waals surface area contributed by atoms with E-state index >= 15 is 0 Å². The van der Waals surface area contributed by atoms with Crippen molar-refractivity contribution in [3.63, 3.8) is 0 Å². The summed E-state index contributed by atoms with van der Waals surface area (Å²) in [5.41, 5.74) is 2.79. The van der Waals surface area contributed by atoms with Crippen LogP contribution in [-0.4, -0.2) is 32.5 Å². The lowest BCUT2D eigenvalue weighted by Crippen LogP contribution is -2.29. The summed E-state index contributed by atoms with van der Waals surface area (Å²) in [6, 6.07) is 2.05. The Balaban J connectivity index is 1.58. The van der Waals surface area contributed by atoms with Crippen LogP contribution in [0.2, 0.25) is 0 Å². The lowest BCUT2D eigenvalue weighted by Gasteiger charge is -2.15. The number of hydrogen-bond acceptors (Lipinski definition) is 4. The first-order valence-corrected chi connectivity index (χ1v) is 8.16. The summed E-state index contributed by atoms with van der Waals surface area (Å²) in [5.74, 6) is 1.13. The van der Waals surface area contributed by atoms with Crippen molar-refractivity contribution in [1.82, 2.24) is 20.0 Å². The topological polar surface area (TPSA) is 80.4 Å². The molecule has 7 nitrogen and oxygen atoms in total. The zero-order valence-electron chi connectivity index (χ0n) is 14.0. The molecule has 7 heteroatoms. The minimum Gasteiger partial charge on any atom is -0.466 e. The third kappa shape index (κ3) is 2.40. The maximum Gasteiger partial charge on any atom is 0.272 e. The Bertz CT molecular complexity index is 844. The van der Waals surface area contributed by atoms with Crippen LogP contribution in [0.4, 0.5) is 0 Å². The number of rotatable bonds is 3. The molecule has 2 aromatic rings. The van der Waals surface area contributed by atoms with E-state index in [1.54, 1.807) is 22.6 Å². The number of amides is 2. The van der Waals surface area contributed by atoms with Gasteiger partial charge in [-0.05, 0) is 32.8 Å². The monoisotopic (exact) mass is 328 g/mol. The van der Waals surface area contributed by atoms with E-state index in [0.717, 1.165) is 29.9 Å². The maximum atomic E-state index is 12.8. The van der Waals surface area contributed by atoms with E-state index in [1.807, 2.05) is 14.0 Å². The highest BCUT2D eigenvalue weighted by Crippen LogP contribution is 2.29. The predicted octanol–water partition coefficient (Wildman–Crippen LogP) is 1.68. The summed E-state index contributed by atoms with van der Waals surface area (Å²) in [4.78, 5) is 26.9. The van der Waals surface area contributed by atoms with Gasteiger partial charge in [0.25, 0.3) is 11.8 Å². The van der Waals surface area contributed by atoms with Crippen molar-refractivity contribution >= 4 is 11.8 Å². The van der Waals surface area contributed by atoms with E-state index in [1.165, 1.54) is 0 Å². The first kappa shape index (κ1) is 15.0. The quantitative estimate of drug-likeness (QED) is 0.929. The van der Waals surface area contributed by atoms with Crippen molar-refractivity contribution in [2.75, 3.05) is 0 Å². The highest BCUT2D eigenvalue weighted by molar-refractivity contribution is 5.97. The molecule has 1 saturated carbocycles. The van der Waals surface area contributed by atoms with Gasteiger partial charge in [-0.2, -0.15) is 5.10 Å². The number of hydrogen-bond donors (Lipinski definition) is 1. The molecule has 1 fully saturated rings. The van der Waals surface area contributed by atoms with E-state index in [4.69, 9.17) is 4.42 Å². The largest absolute Gasteiger partial charge is 0.466 e. The first-order valence-electron chi connectivity index (χ1n) is 8.16. The second kappa shape index (κ2) is 5.22. The third-order valence-electron chi connectivity index (χ3n) is 4.65. The summed E-state index contributed by atoms with van der Waals surface area (Å²) < 4.78 is 7.17. The molecule has 4 rings (SSSR count). The molecule has 2 amide bonds. The molecule has 2 aromatic heterocycles. The Morgan fingerprint density at radius 2 is 2.04 bits per heavy atom. The molecule has 3 heterocycles. The number of aromatic nitrogens is 2. The van der Waals surface area contributed by atoms with Gasteiger partial charge in [0.1, 0.15) is 11.5 Å². The Hall–Kier alpha value is -2.57. The van der Waals surface area contributed by atoms with Gasteiger partial charge in [-0.3, -0.25) is 14.3 Å². The molecule has 24 heavy (non-hydrogen) atoms. The molecule has 126 valence electrons. The molecule has 1 aliphatic heterocycles. The summed E-state index contributed by atoms with van der Waals surface area (Å²) in [6.07, 6.45) is 2.06. The van der Waals surface area contributed by atoms with Gasteiger partial charge >= 0.3 is 0 Å². The summed E-state index contributed by atoms with van der Waals surface area (Å²) >= 11 is 0. The van der Waals surface area contributed by atoms with E-state index in [9.17, 15) is 9.59 Å². The summed E-state index contributed by atoms with van der Waals surface area (Å²) in [6.45, 7) is 4.48. The highest BCUT2D eigenvalue weighted by atomic mass is 16.3. The van der Waals surface area contributed by atoms with Crippen LogP contribution in [0.15, 0.2) is 10.5 Å². The third-order valence-corrected chi connectivity index (χ3v) is 4.65. The molecular weight excluding hydrogens is 308 g/mol. The molecule has 0 unspecified atom stereocenters. The summed E-state index contributed by atoms with van der Waals surface area (Å²) in [7, 11) is 1.81. The zero-order chi connectivity index (χ0) is 17.0. The zero-order valence-corrected chi connectivity index (χ0v) is 14.0. The maximum absolute atomic E-state index is 12.8. The molecule has 0 radical (unpaired) electrons. The second-order valence-corrected chi connectivity index (χ2v) is 6.63. The van der Waals surface area contributed by atoms with E-state index in [-0.39, 0.29) is 17.9 Å². The molecule has 0 spiro atoms. The number of nitrogens with one attached hydrogen (secondary N) is 1.